The number of hydrogen-bond donors (Lipinski definition) is 3. The Hall–Kier alpha value is -0.580. The highest BCUT2D eigenvalue weighted by atomic mass is 79.9. The van der Waals surface area contributed by atoms with Crippen molar-refractivity contribution in [3.05, 3.63) is 29.8 Å². The van der Waals surface area contributed by atoms with Gasteiger partial charge in [-0.2, -0.15) is 0 Å². The molecule has 0 saturated carbocycles. The van der Waals surface area contributed by atoms with Crippen molar-refractivity contribution in [2.45, 2.75) is 18.6 Å². The molecule has 0 radical (unpaired) electrons. The zero-order valence-electron chi connectivity index (χ0n) is 7.73. The second-order valence-electron chi connectivity index (χ2n) is 3.16. The molecule has 0 heterocycles. The minimum absolute atomic E-state index is 0.510. The van der Waals surface area contributed by atoms with E-state index < -0.39 is 12.2 Å². The van der Waals surface area contributed by atoms with Crippen LogP contribution in [0.15, 0.2) is 24.3 Å². The molecule has 0 fully saturated rings. The van der Waals surface area contributed by atoms with Gasteiger partial charge in [0.1, 0.15) is 6.10 Å². The van der Waals surface area contributed by atoms with Crippen LogP contribution in [0.3, 0.4) is 0 Å². The third kappa shape index (κ3) is 2.97. The lowest BCUT2D eigenvalue weighted by molar-refractivity contribution is 0.0174. The van der Waals surface area contributed by atoms with Crippen molar-refractivity contribution in [3.63, 3.8) is 0 Å². The minimum Gasteiger partial charge on any atom is -0.399 e. The zero-order valence-corrected chi connectivity index (χ0v) is 9.31. The van der Waals surface area contributed by atoms with E-state index in [-0.39, 0.29) is 0 Å². The minimum atomic E-state index is -0.865. The second kappa shape index (κ2) is 5.34. The van der Waals surface area contributed by atoms with Gasteiger partial charge < -0.3 is 15.9 Å². The van der Waals surface area contributed by atoms with Crippen LogP contribution in [-0.4, -0.2) is 21.6 Å². The lowest BCUT2D eigenvalue weighted by Crippen LogP contribution is -2.18. The van der Waals surface area contributed by atoms with Crippen LogP contribution < -0.4 is 5.73 Å². The van der Waals surface area contributed by atoms with Gasteiger partial charge in [0.25, 0.3) is 0 Å². The summed E-state index contributed by atoms with van der Waals surface area (Å²) >= 11 is 3.21. The van der Waals surface area contributed by atoms with E-state index in [2.05, 4.69) is 15.9 Å². The van der Waals surface area contributed by atoms with Crippen LogP contribution in [0.5, 0.6) is 0 Å². The van der Waals surface area contributed by atoms with E-state index in [1.54, 1.807) is 24.3 Å². The van der Waals surface area contributed by atoms with Crippen LogP contribution in [0, 0.1) is 0 Å². The smallest absolute Gasteiger partial charge is 0.105 e. The molecule has 0 bridgehead atoms. The molecule has 1 aromatic rings. The molecule has 2 unspecified atom stereocenters. The van der Waals surface area contributed by atoms with Gasteiger partial charge in [-0.15, -0.1) is 0 Å². The number of aliphatic hydroxyl groups is 2. The lowest BCUT2D eigenvalue weighted by atomic mass is 10.0. The summed E-state index contributed by atoms with van der Waals surface area (Å²) in [6.45, 7) is 0. The van der Waals surface area contributed by atoms with Gasteiger partial charge in [0, 0.05) is 11.0 Å². The highest BCUT2D eigenvalue weighted by Gasteiger charge is 2.17. The number of nitrogen functional groups attached to an aromatic ring is 1. The predicted molar refractivity (Wildman–Crippen MR) is 60.2 cm³/mol. The molecule has 4 heteroatoms. The van der Waals surface area contributed by atoms with Crippen LogP contribution in [0.4, 0.5) is 5.69 Å². The summed E-state index contributed by atoms with van der Waals surface area (Å²) in [6.07, 6.45) is -1.11. The monoisotopic (exact) mass is 259 g/mol. The van der Waals surface area contributed by atoms with E-state index in [0.29, 0.717) is 23.0 Å². The highest BCUT2D eigenvalue weighted by Crippen LogP contribution is 2.21. The standard InChI is InChI=1S/C10H14BrNO2/c11-5-4-9(13)10(14)7-2-1-3-8(12)6-7/h1-3,6,9-10,13-14H,4-5,12H2. The molecule has 0 saturated heterocycles. The van der Waals surface area contributed by atoms with E-state index >= 15 is 0 Å². The van der Waals surface area contributed by atoms with Gasteiger partial charge in [-0.05, 0) is 24.1 Å². The largest absolute Gasteiger partial charge is 0.399 e. The van der Waals surface area contributed by atoms with E-state index in [1.807, 2.05) is 0 Å². The molecule has 0 aliphatic heterocycles. The molecule has 78 valence electrons. The summed E-state index contributed by atoms with van der Waals surface area (Å²) in [6, 6.07) is 6.92. The molecule has 0 amide bonds. The average Bonchev–Trinajstić information content (AvgIpc) is 2.17. The fourth-order valence-electron chi connectivity index (χ4n) is 1.23. The highest BCUT2D eigenvalue weighted by molar-refractivity contribution is 9.09. The predicted octanol–water partition coefficient (Wildman–Crippen LogP) is 1.45. The van der Waals surface area contributed by atoms with Crippen LogP contribution in [0.25, 0.3) is 0 Å². The van der Waals surface area contributed by atoms with Gasteiger partial charge >= 0.3 is 0 Å². The first-order chi connectivity index (χ1) is 6.65. The zero-order chi connectivity index (χ0) is 10.6. The molecule has 1 aromatic carbocycles. The van der Waals surface area contributed by atoms with E-state index in [0.717, 1.165) is 0 Å². The number of nitrogens with two attached hydrogens (primary N) is 1. The third-order valence-electron chi connectivity index (χ3n) is 2.02. The Morgan fingerprint density at radius 3 is 2.64 bits per heavy atom. The topological polar surface area (TPSA) is 66.5 Å². The SMILES string of the molecule is Nc1cccc(C(O)C(O)CCBr)c1. The lowest BCUT2D eigenvalue weighted by Gasteiger charge is -2.17. The Balaban J connectivity index is 2.73. The maximum Gasteiger partial charge on any atom is 0.105 e. The van der Waals surface area contributed by atoms with Gasteiger partial charge in [0.15, 0.2) is 0 Å². The van der Waals surface area contributed by atoms with Crippen molar-refractivity contribution < 1.29 is 10.2 Å². The van der Waals surface area contributed by atoms with Crippen LogP contribution in [0.1, 0.15) is 18.1 Å². The molecule has 4 N–H and O–H groups in total. The van der Waals surface area contributed by atoms with E-state index in [1.165, 1.54) is 0 Å². The molecule has 1 rings (SSSR count). The fourth-order valence-corrected chi connectivity index (χ4v) is 1.70. The molecular formula is C10H14BrNO2. The number of aliphatic hydroxyl groups excluding tert-OH is 2. The quantitative estimate of drug-likeness (QED) is 0.567. The molecule has 0 aliphatic carbocycles. The fraction of sp³-hybridized carbons (Fsp3) is 0.400. The van der Waals surface area contributed by atoms with Crippen molar-refractivity contribution in [1.29, 1.82) is 0 Å². The van der Waals surface area contributed by atoms with Crippen molar-refractivity contribution in [2.24, 2.45) is 0 Å². The first-order valence-electron chi connectivity index (χ1n) is 4.42. The first-order valence-corrected chi connectivity index (χ1v) is 5.55. The van der Waals surface area contributed by atoms with Crippen LogP contribution in [-0.2, 0) is 0 Å². The first kappa shape index (κ1) is 11.5. The Morgan fingerprint density at radius 2 is 2.07 bits per heavy atom. The Morgan fingerprint density at radius 1 is 1.36 bits per heavy atom. The van der Waals surface area contributed by atoms with Gasteiger partial charge in [-0.3, -0.25) is 0 Å². The van der Waals surface area contributed by atoms with E-state index in [9.17, 15) is 10.2 Å². The van der Waals surface area contributed by atoms with Crippen molar-refractivity contribution in [3.8, 4) is 0 Å². The summed E-state index contributed by atoms with van der Waals surface area (Å²) in [4.78, 5) is 0. The molecular weight excluding hydrogens is 246 g/mol. The number of alkyl halides is 1. The second-order valence-corrected chi connectivity index (χ2v) is 3.95. The number of anilines is 1. The summed E-state index contributed by atoms with van der Waals surface area (Å²) in [5, 5.41) is 19.9. The van der Waals surface area contributed by atoms with Gasteiger partial charge in [0.05, 0.1) is 6.10 Å². The van der Waals surface area contributed by atoms with Crippen molar-refractivity contribution >= 4 is 21.6 Å². The molecule has 0 aromatic heterocycles. The Kier molecular flexibility index (Phi) is 4.38. The molecule has 0 spiro atoms. The Bertz CT molecular complexity index is 293. The molecule has 14 heavy (non-hydrogen) atoms. The number of hydrogen-bond acceptors (Lipinski definition) is 3. The normalized spacial score (nSPS) is 15.1. The maximum absolute atomic E-state index is 9.72. The summed E-state index contributed by atoms with van der Waals surface area (Å²) in [7, 11) is 0. The summed E-state index contributed by atoms with van der Waals surface area (Å²) in [5.41, 5.74) is 6.81. The maximum atomic E-state index is 9.72. The van der Waals surface area contributed by atoms with Gasteiger partial charge in [-0.1, -0.05) is 28.1 Å². The Labute approximate surface area is 91.7 Å². The van der Waals surface area contributed by atoms with Gasteiger partial charge in [0.2, 0.25) is 0 Å². The molecule has 3 nitrogen and oxygen atoms in total. The number of halogens is 1. The van der Waals surface area contributed by atoms with Crippen molar-refractivity contribution in [2.75, 3.05) is 11.1 Å². The number of rotatable bonds is 4. The molecule has 0 aliphatic rings. The van der Waals surface area contributed by atoms with E-state index in [4.69, 9.17) is 5.73 Å². The summed E-state index contributed by atoms with van der Waals surface area (Å²) in [5.74, 6) is 0. The average molecular weight is 260 g/mol. The van der Waals surface area contributed by atoms with Crippen molar-refractivity contribution in [1.82, 2.24) is 0 Å². The summed E-state index contributed by atoms with van der Waals surface area (Å²) < 4.78 is 0. The van der Waals surface area contributed by atoms with Crippen LogP contribution >= 0.6 is 15.9 Å². The van der Waals surface area contributed by atoms with Crippen LogP contribution in [0.2, 0.25) is 0 Å². The number of benzene rings is 1. The molecule has 2 atom stereocenters. The van der Waals surface area contributed by atoms with Gasteiger partial charge in [-0.25, -0.2) is 0 Å². The third-order valence-corrected chi connectivity index (χ3v) is 2.48.